The van der Waals surface area contributed by atoms with E-state index in [1.54, 1.807) is 18.3 Å². The van der Waals surface area contributed by atoms with Crippen LogP contribution in [0.25, 0.3) is 0 Å². The Morgan fingerprint density at radius 3 is 2.17 bits per heavy atom. The van der Waals surface area contributed by atoms with E-state index in [9.17, 15) is 4.79 Å². The van der Waals surface area contributed by atoms with Gasteiger partial charge in [0.2, 0.25) is 8.32 Å². The van der Waals surface area contributed by atoms with Crippen molar-refractivity contribution in [2.45, 2.75) is 116 Å². The van der Waals surface area contributed by atoms with Crippen LogP contribution in [-0.2, 0) is 28.1 Å². The Kier molecular flexibility index (Phi) is 14.0. The Morgan fingerprint density at radius 2 is 1.67 bits per heavy atom. The van der Waals surface area contributed by atoms with Crippen LogP contribution in [0.5, 0.6) is 0 Å². The zero-order chi connectivity index (χ0) is 27.5. The molecule has 1 rings (SSSR count). The average Bonchev–Trinajstić information content (AvgIpc) is 3.18. The minimum atomic E-state index is -2.14. The number of methoxy groups -OCH3 is 1. The molecule has 0 aromatic rings. The molecule has 0 radical (unpaired) electrons. The van der Waals surface area contributed by atoms with Crippen LogP contribution in [-0.4, -0.2) is 83.4 Å². The number of rotatable bonds is 15. The summed E-state index contributed by atoms with van der Waals surface area (Å²) < 4.78 is 35.1. The molecule has 0 spiro atoms. The maximum absolute atomic E-state index is 13.3. The predicted octanol–water partition coefficient (Wildman–Crippen LogP) is 6.11. The van der Waals surface area contributed by atoms with Crippen molar-refractivity contribution < 1.29 is 32.9 Å². The lowest BCUT2D eigenvalue weighted by molar-refractivity contribution is -0.101. The summed E-state index contributed by atoms with van der Waals surface area (Å²) in [7, 11) is -0.512. The fourth-order valence-electron chi connectivity index (χ4n) is 5.30. The molecule has 1 saturated heterocycles. The lowest BCUT2D eigenvalue weighted by Crippen LogP contribution is -2.50. The molecule has 3 atom stereocenters. The SMILES string of the molecule is CCO/C=C\C(OCOCCOC)[C@@H]1C[C@@H](O[Si](C(C)C)(C(C)C)C(C)C)CN1C(=O)OC(C)(C)C. The number of likely N-dealkylation sites (tertiary alicyclic amines) is 1. The minimum Gasteiger partial charge on any atom is -0.502 e. The van der Waals surface area contributed by atoms with E-state index in [-0.39, 0.29) is 25.0 Å². The molecule has 0 saturated carbocycles. The van der Waals surface area contributed by atoms with E-state index in [0.29, 0.717) is 49.4 Å². The van der Waals surface area contributed by atoms with Gasteiger partial charge in [0, 0.05) is 13.7 Å². The molecular weight excluding hydrogens is 478 g/mol. The van der Waals surface area contributed by atoms with Gasteiger partial charge in [0.1, 0.15) is 18.5 Å². The van der Waals surface area contributed by atoms with Crippen LogP contribution in [0.1, 0.15) is 75.7 Å². The first-order valence-electron chi connectivity index (χ1n) is 13.4. The number of nitrogens with zero attached hydrogens (tertiary/aromatic N) is 1. The molecule has 0 aliphatic carbocycles. The largest absolute Gasteiger partial charge is 0.502 e. The van der Waals surface area contributed by atoms with Gasteiger partial charge in [-0.2, -0.15) is 0 Å². The molecule has 1 heterocycles. The molecule has 212 valence electrons. The van der Waals surface area contributed by atoms with Crippen LogP contribution in [0.15, 0.2) is 12.3 Å². The summed E-state index contributed by atoms with van der Waals surface area (Å²) in [6.07, 6.45) is 3.25. The molecule has 1 fully saturated rings. The number of carbonyl (C=O) groups is 1. The highest BCUT2D eigenvalue weighted by Gasteiger charge is 2.50. The lowest BCUT2D eigenvalue weighted by Gasteiger charge is -2.44. The van der Waals surface area contributed by atoms with Crippen molar-refractivity contribution in [1.29, 1.82) is 0 Å². The van der Waals surface area contributed by atoms with Crippen LogP contribution >= 0.6 is 0 Å². The topological polar surface area (TPSA) is 75.7 Å². The second-order valence-electron chi connectivity index (χ2n) is 11.4. The Hall–Kier alpha value is -1.13. The van der Waals surface area contributed by atoms with Gasteiger partial charge in [0.15, 0.2) is 0 Å². The fourth-order valence-corrected chi connectivity index (χ4v) is 10.9. The van der Waals surface area contributed by atoms with E-state index in [1.807, 2.05) is 33.8 Å². The van der Waals surface area contributed by atoms with Gasteiger partial charge in [-0.3, -0.25) is 4.90 Å². The average molecular weight is 532 g/mol. The maximum Gasteiger partial charge on any atom is 0.410 e. The van der Waals surface area contributed by atoms with Crippen molar-refractivity contribution in [2.75, 3.05) is 40.3 Å². The highest BCUT2D eigenvalue weighted by Crippen LogP contribution is 2.44. The Morgan fingerprint density at radius 1 is 1.06 bits per heavy atom. The summed E-state index contributed by atoms with van der Waals surface area (Å²) in [6, 6.07) is -0.272. The second kappa shape index (κ2) is 15.3. The molecule has 9 heteroatoms. The number of amides is 1. The molecule has 1 amide bonds. The smallest absolute Gasteiger partial charge is 0.410 e. The predicted molar refractivity (Wildman–Crippen MR) is 146 cm³/mol. The van der Waals surface area contributed by atoms with Crippen LogP contribution < -0.4 is 0 Å². The lowest BCUT2D eigenvalue weighted by atomic mass is 10.1. The van der Waals surface area contributed by atoms with Gasteiger partial charge in [0.25, 0.3) is 0 Å². The molecule has 36 heavy (non-hydrogen) atoms. The van der Waals surface area contributed by atoms with Gasteiger partial charge in [-0.05, 0) is 56.8 Å². The van der Waals surface area contributed by atoms with Crippen molar-refractivity contribution in [3.63, 3.8) is 0 Å². The normalized spacial score (nSPS) is 20.2. The summed E-state index contributed by atoms with van der Waals surface area (Å²) in [5, 5.41) is 0. The monoisotopic (exact) mass is 531 g/mol. The molecule has 0 aromatic carbocycles. The number of hydrogen-bond acceptors (Lipinski definition) is 7. The van der Waals surface area contributed by atoms with E-state index < -0.39 is 20.0 Å². The first-order chi connectivity index (χ1) is 16.8. The fraction of sp³-hybridized carbons (Fsp3) is 0.889. The zero-order valence-corrected chi connectivity index (χ0v) is 25.7. The first kappa shape index (κ1) is 32.9. The summed E-state index contributed by atoms with van der Waals surface area (Å²) in [6.45, 7) is 23.2. The van der Waals surface area contributed by atoms with E-state index in [0.717, 1.165) is 0 Å². The van der Waals surface area contributed by atoms with Crippen LogP contribution in [0.4, 0.5) is 4.79 Å². The highest BCUT2D eigenvalue weighted by atomic mass is 28.4. The third kappa shape index (κ3) is 9.63. The standard InChI is InChI=1S/C27H53NO7Si/c1-12-31-14-13-25(33-19-32-16-15-30-11)24-17-23(18-28(24)26(29)34-27(8,9)10)35-36(20(2)3,21(4)5)22(6)7/h13-14,20-25H,12,15-19H2,1-11H3/b14-13-/t23-,24+,25?/m1/s1. The van der Waals surface area contributed by atoms with E-state index >= 15 is 0 Å². The molecule has 1 aliphatic rings. The van der Waals surface area contributed by atoms with Crippen molar-refractivity contribution in [1.82, 2.24) is 4.90 Å². The van der Waals surface area contributed by atoms with Crippen LogP contribution in [0.2, 0.25) is 16.6 Å². The van der Waals surface area contributed by atoms with Gasteiger partial charge < -0.3 is 28.1 Å². The van der Waals surface area contributed by atoms with Crippen molar-refractivity contribution >= 4 is 14.4 Å². The van der Waals surface area contributed by atoms with Crippen molar-refractivity contribution in [3.8, 4) is 0 Å². The van der Waals surface area contributed by atoms with E-state index in [4.69, 9.17) is 28.1 Å². The highest BCUT2D eigenvalue weighted by molar-refractivity contribution is 6.77. The Labute approximate surface area is 221 Å². The van der Waals surface area contributed by atoms with Gasteiger partial charge in [-0.15, -0.1) is 0 Å². The van der Waals surface area contributed by atoms with E-state index in [1.165, 1.54) is 0 Å². The number of carbonyl (C=O) groups excluding carboxylic acids is 1. The second-order valence-corrected chi connectivity index (χ2v) is 16.8. The van der Waals surface area contributed by atoms with Crippen LogP contribution in [0, 0.1) is 0 Å². The minimum absolute atomic E-state index is 0.0807. The molecule has 0 bridgehead atoms. The number of hydrogen-bond donors (Lipinski definition) is 0. The molecule has 0 aromatic heterocycles. The maximum atomic E-state index is 13.3. The molecule has 1 unspecified atom stereocenters. The van der Waals surface area contributed by atoms with Gasteiger partial charge >= 0.3 is 6.09 Å². The first-order valence-corrected chi connectivity index (χ1v) is 15.6. The Balaban J connectivity index is 3.25. The third-order valence-electron chi connectivity index (χ3n) is 6.70. The third-order valence-corrected chi connectivity index (χ3v) is 12.9. The Bertz CT molecular complexity index is 641. The summed E-state index contributed by atoms with van der Waals surface area (Å²) in [5.74, 6) is 0. The van der Waals surface area contributed by atoms with Crippen molar-refractivity contribution in [2.24, 2.45) is 0 Å². The quantitative estimate of drug-likeness (QED) is 0.109. The molecular formula is C27H53NO7Si. The van der Waals surface area contributed by atoms with Gasteiger partial charge in [-0.1, -0.05) is 41.5 Å². The molecule has 8 nitrogen and oxygen atoms in total. The number of ether oxygens (including phenoxy) is 5. The van der Waals surface area contributed by atoms with Crippen molar-refractivity contribution in [3.05, 3.63) is 12.3 Å². The van der Waals surface area contributed by atoms with E-state index in [2.05, 4.69) is 41.5 Å². The molecule has 0 N–H and O–H groups in total. The van der Waals surface area contributed by atoms with Crippen LogP contribution in [0.3, 0.4) is 0 Å². The summed E-state index contributed by atoms with van der Waals surface area (Å²) in [4.78, 5) is 15.1. The summed E-state index contributed by atoms with van der Waals surface area (Å²) >= 11 is 0. The molecule has 1 aliphatic heterocycles. The van der Waals surface area contributed by atoms with Gasteiger partial charge in [0.05, 0.1) is 38.2 Å². The zero-order valence-electron chi connectivity index (χ0n) is 24.7. The van der Waals surface area contributed by atoms with Gasteiger partial charge in [-0.25, -0.2) is 4.79 Å². The summed E-state index contributed by atoms with van der Waals surface area (Å²) in [5.41, 5.74) is 0.745.